The van der Waals surface area contributed by atoms with Gasteiger partial charge in [0.15, 0.2) is 0 Å². The molecule has 0 atom stereocenters. The minimum absolute atomic E-state index is 0. The van der Waals surface area contributed by atoms with Crippen molar-refractivity contribution in [2.24, 2.45) is 0 Å². The van der Waals surface area contributed by atoms with E-state index in [-0.39, 0.29) is 19.5 Å². The fourth-order valence-corrected chi connectivity index (χ4v) is 2.59. The third kappa shape index (κ3) is 8.01. The van der Waals surface area contributed by atoms with Gasteiger partial charge in [0.05, 0.1) is 0 Å². The van der Waals surface area contributed by atoms with Crippen molar-refractivity contribution in [2.45, 2.75) is 33.5 Å². The van der Waals surface area contributed by atoms with Crippen LogP contribution >= 0.6 is 0 Å². The Labute approximate surface area is 115 Å². The monoisotopic (exact) mass is 282 g/mol. The van der Waals surface area contributed by atoms with E-state index in [4.69, 9.17) is 0 Å². The van der Waals surface area contributed by atoms with Crippen molar-refractivity contribution < 1.29 is 19.5 Å². The van der Waals surface area contributed by atoms with Gasteiger partial charge in [0.2, 0.25) is 0 Å². The smallest absolute Gasteiger partial charge is 0.346 e. The van der Waals surface area contributed by atoms with E-state index in [9.17, 15) is 0 Å². The first-order valence-corrected chi connectivity index (χ1v) is 8.87. The van der Waals surface area contributed by atoms with E-state index in [1.165, 1.54) is 11.1 Å². The summed E-state index contributed by atoms with van der Waals surface area (Å²) in [5.41, 5.74) is 6.18. The molecule has 0 amide bonds. The summed E-state index contributed by atoms with van der Waals surface area (Å²) in [6.45, 7) is 14.1. The van der Waals surface area contributed by atoms with Crippen LogP contribution in [0.3, 0.4) is 0 Å². The van der Waals surface area contributed by atoms with Crippen LogP contribution in [0.4, 0.5) is 0 Å². The predicted molar refractivity (Wildman–Crippen MR) is 73.1 cm³/mol. The van der Waals surface area contributed by atoms with Crippen molar-refractivity contribution in [2.75, 3.05) is 0 Å². The van der Waals surface area contributed by atoms with Crippen LogP contribution in [0.5, 0.6) is 0 Å². The van der Waals surface area contributed by atoms with Crippen LogP contribution in [0.15, 0.2) is 30.3 Å². The summed E-state index contributed by atoms with van der Waals surface area (Å²) in [5, 5.41) is 0. The minimum atomic E-state index is -1.19. The molecular formula is C14H22SiZn. The predicted octanol–water partition coefficient (Wildman–Crippen LogP) is 4.61. The third-order valence-corrected chi connectivity index (χ3v) is 2.89. The first-order chi connectivity index (χ1) is 6.99. The van der Waals surface area contributed by atoms with Crippen molar-refractivity contribution in [3.63, 3.8) is 0 Å². The summed E-state index contributed by atoms with van der Waals surface area (Å²) < 4.78 is 0. The van der Waals surface area contributed by atoms with Gasteiger partial charge < -0.3 is 6.92 Å². The Morgan fingerprint density at radius 2 is 1.50 bits per heavy atom. The molecule has 1 aromatic carbocycles. The van der Waals surface area contributed by atoms with Gasteiger partial charge in [0.1, 0.15) is 0 Å². The maximum Gasteiger partial charge on any atom is 2.00 e. The fraction of sp³-hybridized carbons (Fsp3) is 0.357. The molecule has 0 aromatic heterocycles. The molecule has 0 aliphatic rings. The van der Waals surface area contributed by atoms with E-state index in [1.807, 2.05) is 6.07 Å². The Morgan fingerprint density at radius 3 is 1.88 bits per heavy atom. The maximum atomic E-state index is 3.59. The van der Waals surface area contributed by atoms with Gasteiger partial charge in [-0.25, -0.2) is 5.57 Å². The largest absolute Gasteiger partial charge is 2.00 e. The first kappa shape index (κ1) is 18.2. The van der Waals surface area contributed by atoms with Gasteiger partial charge in [-0.3, -0.25) is 5.70 Å². The average Bonchev–Trinajstić information content (AvgIpc) is 2.20. The third-order valence-electron chi connectivity index (χ3n) is 1.77. The van der Waals surface area contributed by atoms with Gasteiger partial charge >= 0.3 is 19.5 Å². The number of allylic oxidation sites excluding steroid dienone is 1. The van der Waals surface area contributed by atoms with Crippen molar-refractivity contribution in [3.8, 4) is 0 Å². The molecule has 0 aliphatic carbocycles. The van der Waals surface area contributed by atoms with Crippen LogP contribution in [0.25, 0.3) is 5.57 Å². The van der Waals surface area contributed by atoms with Gasteiger partial charge in [-0.1, -0.05) is 44.8 Å². The molecule has 1 rings (SSSR count). The zero-order valence-corrected chi connectivity index (χ0v) is 15.3. The van der Waals surface area contributed by atoms with Crippen molar-refractivity contribution in [3.05, 3.63) is 48.5 Å². The number of rotatable bonds is 2. The Balaban J connectivity index is 0. The Kier molecular flexibility index (Phi) is 10.1. The Morgan fingerprint density at radius 1 is 1.06 bits per heavy atom. The summed E-state index contributed by atoms with van der Waals surface area (Å²) in [7, 11) is -1.19. The standard InChI is InChI=1S/C12H17Si.C2H5.Zn/c1-11(10-13(2,3)4)12-8-6-5-7-9-12;1-2;/h5-9H,1-4H3;1H2,2H3;/q2*-1;+2. The molecule has 1 aromatic rings. The summed E-state index contributed by atoms with van der Waals surface area (Å²) >= 11 is 0. The van der Waals surface area contributed by atoms with Crippen LogP contribution in [0, 0.1) is 12.6 Å². The van der Waals surface area contributed by atoms with E-state index in [0.717, 1.165) is 0 Å². The normalized spacial score (nSPS) is 11.0. The SMILES string of the molecule is CC(=[C-][Si](C)(C)C)c1ccccc1.[CH2-]C.[Zn+2]. The van der Waals surface area contributed by atoms with Crippen LogP contribution in [0.2, 0.25) is 19.6 Å². The molecule has 0 nitrogen and oxygen atoms in total. The molecule has 0 radical (unpaired) electrons. The molecule has 0 unspecified atom stereocenters. The van der Waals surface area contributed by atoms with Crippen LogP contribution in [-0.2, 0) is 19.5 Å². The van der Waals surface area contributed by atoms with E-state index in [0.29, 0.717) is 0 Å². The van der Waals surface area contributed by atoms with Gasteiger partial charge in [-0.05, 0) is 8.07 Å². The molecule has 0 saturated carbocycles. The molecule has 0 fully saturated rings. The molecule has 0 spiro atoms. The van der Waals surface area contributed by atoms with Gasteiger partial charge in [0.25, 0.3) is 0 Å². The number of hydrogen-bond donors (Lipinski definition) is 0. The second-order valence-electron chi connectivity index (χ2n) is 4.37. The molecule has 2 heteroatoms. The summed E-state index contributed by atoms with van der Waals surface area (Å²) in [6.07, 6.45) is 0. The van der Waals surface area contributed by atoms with Crippen molar-refractivity contribution >= 4 is 13.6 Å². The van der Waals surface area contributed by atoms with Gasteiger partial charge in [-0.2, -0.15) is 12.5 Å². The van der Waals surface area contributed by atoms with Gasteiger partial charge in [-0.15, -0.1) is 12.1 Å². The zero-order valence-electron chi connectivity index (χ0n) is 11.3. The van der Waals surface area contributed by atoms with Crippen molar-refractivity contribution in [1.29, 1.82) is 0 Å². The second kappa shape index (κ2) is 8.90. The molecule has 0 N–H and O–H groups in total. The molecule has 16 heavy (non-hydrogen) atoms. The summed E-state index contributed by atoms with van der Waals surface area (Å²) in [6, 6.07) is 10.5. The van der Waals surface area contributed by atoms with E-state index >= 15 is 0 Å². The van der Waals surface area contributed by atoms with Crippen molar-refractivity contribution in [1.82, 2.24) is 0 Å². The van der Waals surface area contributed by atoms with Crippen LogP contribution in [0.1, 0.15) is 19.4 Å². The van der Waals surface area contributed by atoms with E-state index < -0.39 is 8.07 Å². The molecule has 84 valence electrons. The topological polar surface area (TPSA) is 0 Å². The van der Waals surface area contributed by atoms with Gasteiger partial charge in [0, 0.05) is 0 Å². The Bertz CT molecular complexity index is 296. The molecule has 0 aliphatic heterocycles. The van der Waals surface area contributed by atoms with Crippen LogP contribution in [-0.4, -0.2) is 8.07 Å². The van der Waals surface area contributed by atoms with E-state index in [2.05, 4.69) is 63.5 Å². The molecule has 0 bridgehead atoms. The fourth-order valence-electron chi connectivity index (χ4n) is 1.32. The molecular weight excluding hydrogens is 262 g/mol. The molecule has 0 heterocycles. The average molecular weight is 284 g/mol. The first-order valence-electron chi connectivity index (χ1n) is 5.37. The Hall–Kier alpha value is -0.200. The summed E-state index contributed by atoms with van der Waals surface area (Å²) in [4.78, 5) is 0. The van der Waals surface area contributed by atoms with Crippen LogP contribution < -0.4 is 0 Å². The second-order valence-corrected chi connectivity index (χ2v) is 9.12. The minimum Gasteiger partial charge on any atom is -0.346 e. The number of hydrogen-bond acceptors (Lipinski definition) is 0. The summed E-state index contributed by atoms with van der Waals surface area (Å²) in [5.74, 6) is 0. The quantitative estimate of drug-likeness (QED) is 0.549. The zero-order chi connectivity index (χ0) is 11.9. The molecule has 0 saturated heterocycles. The maximum absolute atomic E-state index is 3.59. The number of benzene rings is 1. The van der Waals surface area contributed by atoms with E-state index in [1.54, 1.807) is 6.92 Å².